The monoisotopic (exact) mass is 380 g/mol. The first-order chi connectivity index (χ1) is 13.6. The van der Waals surface area contributed by atoms with Crippen molar-refractivity contribution in [3.63, 3.8) is 0 Å². The molecule has 3 rings (SSSR count). The molecule has 0 radical (unpaired) electrons. The summed E-state index contributed by atoms with van der Waals surface area (Å²) in [5, 5.41) is 6.31. The molecular formula is C23H32N4O. The lowest BCUT2D eigenvalue weighted by Gasteiger charge is -2.38. The van der Waals surface area contributed by atoms with Crippen molar-refractivity contribution in [1.29, 1.82) is 0 Å². The summed E-state index contributed by atoms with van der Waals surface area (Å²) in [5.41, 5.74) is 3.86. The minimum absolute atomic E-state index is 0.0724. The zero-order chi connectivity index (χ0) is 19.9. The highest BCUT2D eigenvalue weighted by atomic mass is 16.1. The molecule has 1 aliphatic heterocycles. The zero-order valence-electron chi connectivity index (χ0n) is 17.2. The van der Waals surface area contributed by atoms with Gasteiger partial charge in [0.15, 0.2) is 0 Å². The Morgan fingerprint density at radius 3 is 2.39 bits per heavy atom. The number of piperazine rings is 1. The number of hydrogen-bond acceptors (Lipinski definition) is 4. The largest absolute Gasteiger partial charge is 0.369 e. The van der Waals surface area contributed by atoms with Gasteiger partial charge in [0, 0.05) is 55.7 Å². The average Bonchev–Trinajstić information content (AvgIpc) is 2.72. The smallest absolute Gasteiger partial charge is 0.255 e. The van der Waals surface area contributed by atoms with E-state index in [1.807, 2.05) is 30.3 Å². The Balaban J connectivity index is 1.58. The molecule has 5 heteroatoms. The van der Waals surface area contributed by atoms with Crippen molar-refractivity contribution in [3.8, 4) is 0 Å². The molecule has 0 atom stereocenters. The van der Waals surface area contributed by atoms with E-state index in [0.29, 0.717) is 11.6 Å². The summed E-state index contributed by atoms with van der Waals surface area (Å²) in [6, 6.07) is 16.5. The Morgan fingerprint density at radius 1 is 1.04 bits per heavy atom. The van der Waals surface area contributed by atoms with Crippen molar-refractivity contribution in [3.05, 3.63) is 59.7 Å². The molecule has 0 aliphatic carbocycles. The number of nitrogens with one attached hydrogen (secondary N) is 2. The first kappa shape index (κ1) is 20.4. The molecule has 1 saturated heterocycles. The number of carbonyl (C=O) groups excluding carboxylic acids is 1. The Hall–Kier alpha value is -2.37. The van der Waals surface area contributed by atoms with Gasteiger partial charge in [0.05, 0.1) is 0 Å². The van der Waals surface area contributed by atoms with Crippen LogP contribution in [0.25, 0.3) is 0 Å². The average molecular weight is 381 g/mol. The van der Waals surface area contributed by atoms with Gasteiger partial charge in [-0.2, -0.15) is 0 Å². The van der Waals surface area contributed by atoms with Crippen LogP contribution in [0.2, 0.25) is 0 Å². The van der Waals surface area contributed by atoms with E-state index in [9.17, 15) is 4.79 Å². The van der Waals surface area contributed by atoms with E-state index in [1.54, 1.807) is 0 Å². The van der Waals surface area contributed by atoms with Crippen LogP contribution in [-0.2, 0) is 6.54 Å². The van der Waals surface area contributed by atoms with Gasteiger partial charge in [-0.05, 0) is 62.4 Å². The van der Waals surface area contributed by atoms with Gasteiger partial charge in [0.2, 0.25) is 0 Å². The number of anilines is 2. The number of amides is 1. The molecule has 2 N–H and O–H groups in total. The number of nitrogens with zero attached hydrogens (tertiary/aromatic N) is 2. The quantitative estimate of drug-likeness (QED) is 0.771. The zero-order valence-corrected chi connectivity index (χ0v) is 17.2. The Kier molecular flexibility index (Phi) is 7.06. The Bertz CT molecular complexity index is 764. The fourth-order valence-electron chi connectivity index (χ4n) is 3.55. The predicted molar refractivity (Wildman–Crippen MR) is 117 cm³/mol. The summed E-state index contributed by atoms with van der Waals surface area (Å²) >= 11 is 0. The minimum atomic E-state index is -0.0724. The highest BCUT2D eigenvalue weighted by Crippen LogP contribution is 2.19. The van der Waals surface area contributed by atoms with Crippen molar-refractivity contribution in [2.45, 2.75) is 33.4 Å². The normalized spacial score (nSPS) is 15.1. The van der Waals surface area contributed by atoms with Crippen molar-refractivity contribution >= 4 is 17.3 Å². The third-order valence-corrected chi connectivity index (χ3v) is 5.30. The molecule has 1 aliphatic rings. The minimum Gasteiger partial charge on any atom is -0.369 e. The molecule has 1 amide bonds. The topological polar surface area (TPSA) is 47.6 Å². The van der Waals surface area contributed by atoms with Gasteiger partial charge in [-0.15, -0.1) is 0 Å². The second kappa shape index (κ2) is 9.71. The van der Waals surface area contributed by atoms with Crippen LogP contribution in [0.3, 0.4) is 0 Å². The molecule has 28 heavy (non-hydrogen) atoms. The molecule has 0 spiro atoms. The third kappa shape index (κ3) is 5.33. The number of hydrogen-bond donors (Lipinski definition) is 2. The number of benzene rings is 2. The van der Waals surface area contributed by atoms with Crippen molar-refractivity contribution in [1.82, 2.24) is 10.2 Å². The first-order valence-corrected chi connectivity index (χ1v) is 10.3. The van der Waals surface area contributed by atoms with Gasteiger partial charge < -0.3 is 15.5 Å². The second-order valence-electron chi connectivity index (χ2n) is 7.60. The number of rotatable bonds is 7. The maximum atomic E-state index is 12.6. The van der Waals surface area contributed by atoms with Gasteiger partial charge >= 0.3 is 0 Å². The molecule has 2 aromatic rings. The molecule has 0 unspecified atom stereocenters. The third-order valence-electron chi connectivity index (χ3n) is 5.30. The lowest BCUT2D eigenvalue weighted by molar-refractivity contribution is 0.102. The summed E-state index contributed by atoms with van der Waals surface area (Å²) in [6.07, 6.45) is 0. The summed E-state index contributed by atoms with van der Waals surface area (Å²) in [4.78, 5) is 17.5. The van der Waals surface area contributed by atoms with E-state index < -0.39 is 0 Å². The summed E-state index contributed by atoms with van der Waals surface area (Å²) in [5.74, 6) is -0.0724. The molecule has 2 aromatic carbocycles. The highest BCUT2D eigenvalue weighted by Gasteiger charge is 2.19. The molecule has 1 fully saturated rings. The van der Waals surface area contributed by atoms with E-state index in [2.05, 4.69) is 59.4 Å². The molecule has 0 saturated carbocycles. The molecular weight excluding hydrogens is 348 g/mol. The lowest BCUT2D eigenvalue weighted by Crippen LogP contribution is -2.48. The van der Waals surface area contributed by atoms with Crippen LogP contribution < -0.4 is 15.5 Å². The van der Waals surface area contributed by atoms with Gasteiger partial charge in [-0.25, -0.2) is 0 Å². The molecule has 0 aromatic heterocycles. The van der Waals surface area contributed by atoms with E-state index in [4.69, 9.17) is 0 Å². The van der Waals surface area contributed by atoms with Crippen LogP contribution in [0, 0.1) is 0 Å². The van der Waals surface area contributed by atoms with Crippen LogP contribution in [0.5, 0.6) is 0 Å². The highest BCUT2D eigenvalue weighted by molar-refractivity contribution is 6.04. The SMILES string of the molecule is CCNCc1cccc(NC(=O)c2ccc(N3CCN(C(C)C)CC3)cc2)c1. The van der Waals surface area contributed by atoms with Crippen LogP contribution in [0.1, 0.15) is 36.7 Å². The molecule has 0 bridgehead atoms. The van der Waals surface area contributed by atoms with Crippen LogP contribution >= 0.6 is 0 Å². The van der Waals surface area contributed by atoms with E-state index in [-0.39, 0.29) is 5.91 Å². The van der Waals surface area contributed by atoms with Crippen molar-refractivity contribution < 1.29 is 4.79 Å². The summed E-state index contributed by atoms with van der Waals surface area (Å²) in [6.45, 7) is 12.5. The summed E-state index contributed by atoms with van der Waals surface area (Å²) in [7, 11) is 0. The fraction of sp³-hybridized carbons (Fsp3) is 0.435. The van der Waals surface area contributed by atoms with Crippen LogP contribution in [0.15, 0.2) is 48.5 Å². The lowest BCUT2D eigenvalue weighted by atomic mass is 10.1. The number of carbonyl (C=O) groups is 1. The molecule has 150 valence electrons. The second-order valence-corrected chi connectivity index (χ2v) is 7.60. The van der Waals surface area contributed by atoms with Gasteiger partial charge in [-0.1, -0.05) is 19.1 Å². The van der Waals surface area contributed by atoms with E-state index >= 15 is 0 Å². The first-order valence-electron chi connectivity index (χ1n) is 10.3. The van der Waals surface area contributed by atoms with Crippen molar-refractivity contribution in [2.75, 3.05) is 42.9 Å². The van der Waals surface area contributed by atoms with Crippen LogP contribution in [0.4, 0.5) is 11.4 Å². The maximum absolute atomic E-state index is 12.6. The van der Waals surface area contributed by atoms with E-state index in [1.165, 1.54) is 5.69 Å². The Labute approximate surface area is 168 Å². The fourth-order valence-corrected chi connectivity index (χ4v) is 3.55. The van der Waals surface area contributed by atoms with Gasteiger partial charge in [0.25, 0.3) is 5.91 Å². The summed E-state index contributed by atoms with van der Waals surface area (Å²) < 4.78 is 0. The van der Waals surface area contributed by atoms with Gasteiger partial charge in [0.1, 0.15) is 0 Å². The van der Waals surface area contributed by atoms with Crippen LogP contribution in [-0.4, -0.2) is 49.6 Å². The standard InChI is InChI=1S/C23H32N4O/c1-4-24-17-19-6-5-7-21(16-19)25-23(28)20-8-10-22(11-9-20)27-14-12-26(13-15-27)18(2)3/h5-11,16,18,24H,4,12-15,17H2,1-3H3,(H,25,28). The van der Waals surface area contributed by atoms with Gasteiger partial charge in [-0.3, -0.25) is 9.69 Å². The van der Waals surface area contributed by atoms with Crippen molar-refractivity contribution in [2.24, 2.45) is 0 Å². The maximum Gasteiger partial charge on any atom is 0.255 e. The molecule has 1 heterocycles. The predicted octanol–water partition coefficient (Wildman–Crippen LogP) is 3.58. The molecule has 5 nitrogen and oxygen atoms in total. The van der Waals surface area contributed by atoms with E-state index in [0.717, 1.165) is 50.5 Å². The Morgan fingerprint density at radius 2 is 1.75 bits per heavy atom.